The minimum Gasteiger partial charge on any atom is -0.351 e. The molecule has 26 heavy (non-hydrogen) atoms. The van der Waals surface area contributed by atoms with Gasteiger partial charge in [0.25, 0.3) is 0 Å². The summed E-state index contributed by atoms with van der Waals surface area (Å²) in [6, 6.07) is 18.0. The summed E-state index contributed by atoms with van der Waals surface area (Å²) in [6.45, 7) is 5.40. The Labute approximate surface area is 157 Å². The smallest absolute Gasteiger partial charge is 0.230 e. The number of aromatic nitrogens is 3. The number of hydrogen-bond donors (Lipinski definition) is 1. The highest BCUT2D eigenvalue weighted by atomic mass is 32.2. The monoisotopic (exact) mass is 366 g/mol. The van der Waals surface area contributed by atoms with Crippen molar-refractivity contribution in [2.45, 2.75) is 32.1 Å². The summed E-state index contributed by atoms with van der Waals surface area (Å²) in [4.78, 5) is 12.2. The third-order valence-electron chi connectivity index (χ3n) is 4.13. The zero-order valence-electron chi connectivity index (χ0n) is 15.0. The maximum atomic E-state index is 12.2. The molecule has 0 atom stereocenters. The van der Waals surface area contributed by atoms with Crippen LogP contribution in [0.3, 0.4) is 0 Å². The second kappa shape index (κ2) is 8.67. The molecule has 1 N–H and O–H groups in total. The van der Waals surface area contributed by atoms with Gasteiger partial charge in [0.1, 0.15) is 0 Å². The Hall–Kier alpha value is -2.60. The molecule has 5 nitrogen and oxygen atoms in total. The molecule has 1 amide bonds. The van der Waals surface area contributed by atoms with Crippen molar-refractivity contribution in [1.82, 2.24) is 20.1 Å². The largest absolute Gasteiger partial charge is 0.351 e. The summed E-state index contributed by atoms with van der Waals surface area (Å²) in [5.41, 5.74) is 3.34. The molecule has 0 saturated carbocycles. The average molecular weight is 366 g/mol. The lowest BCUT2D eigenvalue weighted by Gasteiger charge is -2.09. The fraction of sp³-hybridized carbons (Fsp3) is 0.250. The second-order valence-electron chi connectivity index (χ2n) is 5.91. The fourth-order valence-corrected chi connectivity index (χ4v) is 3.50. The van der Waals surface area contributed by atoms with Crippen molar-refractivity contribution in [2.24, 2.45) is 0 Å². The van der Waals surface area contributed by atoms with Gasteiger partial charge < -0.3 is 9.88 Å². The molecule has 6 heteroatoms. The molecule has 0 aliphatic heterocycles. The van der Waals surface area contributed by atoms with Gasteiger partial charge in [-0.3, -0.25) is 4.79 Å². The van der Waals surface area contributed by atoms with Gasteiger partial charge in [0.05, 0.1) is 5.75 Å². The van der Waals surface area contributed by atoms with Gasteiger partial charge in [0.2, 0.25) is 5.91 Å². The molecule has 0 spiro atoms. The molecule has 3 rings (SSSR count). The first-order valence-corrected chi connectivity index (χ1v) is 9.60. The van der Waals surface area contributed by atoms with Crippen LogP contribution < -0.4 is 5.32 Å². The van der Waals surface area contributed by atoms with Crippen LogP contribution in [-0.2, 0) is 17.9 Å². The minimum absolute atomic E-state index is 0.00910. The van der Waals surface area contributed by atoms with E-state index in [1.165, 1.54) is 17.3 Å². The second-order valence-corrected chi connectivity index (χ2v) is 6.85. The summed E-state index contributed by atoms with van der Waals surface area (Å²) in [5.74, 6) is 1.14. The normalized spacial score (nSPS) is 10.7. The lowest BCUT2D eigenvalue weighted by atomic mass is 10.1. The number of carbonyl (C=O) groups is 1. The molecule has 0 saturated heterocycles. The number of benzene rings is 2. The molecule has 1 aromatic heterocycles. The number of thioether (sulfide) groups is 1. The third-order valence-corrected chi connectivity index (χ3v) is 5.10. The quantitative estimate of drug-likeness (QED) is 0.648. The van der Waals surface area contributed by atoms with Gasteiger partial charge in [-0.15, -0.1) is 10.2 Å². The van der Waals surface area contributed by atoms with Gasteiger partial charge >= 0.3 is 0 Å². The molecule has 134 valence electrons. The van der Waals surface area contributed by atoms with E-state index in [1.54, 1.807) is 0 Å². The van der Waals surface area contributed by atoms with Crippen LogP contribution in [-0.4, -0.2) is 26.4 Å². The van der Waals surface area contributed by atoms with E-state index in [4.69, 9.17) is 0 Å². The first-order valence-electron chi connectivity index (χ1n) is 8.61. The molecule has 0 fully saturated rings. The van der Waals surface area contributed by atoms with Gasteiger partial charge in [-0.25, -0.2) is 0 Å². The van der Waals surface area contributed by atoms with Crippen molar-refractivity contribution in [3.63, 3.8) is 0 Å². The summed E-state index contributed by atoms with van der Waals surface area (Å²) in [6.07, 6.45) is 0. The lowest BCUT2D eigenvalue weighted by Crippen LogP contribution is -2.25. The number of carbonyl (C=O) groups excluding carboxylic acids is 1. The van der Waals surface area contributed by atoms with Gasteiger partial charge in [-0.05, 0) is 25.0 Å². The minimum atomic E-state index is -0.00910. The maximum absolute atomic E-state index is 12.2. The van der Waals surface area contributed by atoms with Gasteiger partial charge in [0, 0.05) is 18.7 Å². The number of nitrogens with one attached hydrogen (secondary N) is 1. The summed E-state index contributed by atoms with van der Waals surface area (Å²) >= 11 is 1.41. The Morgan fingerprint density at radius 2 is 1.81 bits per heavy atom. The Morgan fingerprint density at radius 3 is 2.54 bits per heavy atom. The van der Waals surface area contributed by atoms with E-state index in [0.29, 0.717) is 12.3 Å². The van der Waals surface area contributed by atoms with E-state index in [1.807, 2.05) is 66.1 Å². The molecule has 1 heterocycles. The van der Waals surface area contributed by atoms with Crippen LogP contribution in [0.5, 0.6) is 0 Å². The van der Waals surface area contributed by atoms with Crippen molar-refractivity contribution in [3.8, 4) is 11.4 Å². The van der Waals surface area contributed by atoms with Crippen LogP contribution in [0.15, 0.2) is 59.8 Å². The number of aryl methyl sites for hydroxylation is 1. The van der Waals surface area contributed by atoms with Crippen molar-refractivity contribution < 1.29 is 4.79 Å². The molecule has 2 aromatic carbocycles. The predicted molar refractivity (Wildman–Crippen MR) is 105 cm³/mol. The van der Waals surface area contributed by atoms with Gasteiger partial charge in [-0.1, -0.05) is 66.4 Å². The zero-order chi connectivity index (χ0) is 18.4. The average Bonchev–Trinajstić information content (AvgIpc) is 3.09. The number of nitrogens with zero attached hydrogens (tertiary/aromatic N) is 3. The molecule has 3 aromatic rings. The van der Waals surface area contributed by atoms with Gasteiger partial charge in [0.15, 0.2) is 11.0 Å². The summed E-state index contributed by atoms with van der Waals surface area (Å²) in [5, 5.41) is 12.3. The van der Waals surface area contributed by atoms with Crippen molar-refractivity contribution >= 4 is 17.7 Å². The maximum Gasteiger partial charge on any atom is 0.230 e. The summed E-state index contributed by atoms with van der Waals surface area (Å²) < 4.78 is 2.04. The highest BCUT2D eigenvalue weighted by Crippen LogP contribution is 2.23. The Bertz CT molecular complexity index is 877. The predicted octanol–water partition coefficient (Wildman–Crippen LogP) is 3.68. The zero-order valence-corrected chi connectivity index (χ0v) is 15.8. The van der Waals surface area contributed by atoms with Gasteiger partial charge in [-0.2, -0.15) is 0 Å². The molecular weight excluding hydrogens is 344 g/mol. The van der Waals surface area contributed by atoms with Crippen molar-refractivity contribution in [2.75, 3.05) is 5.75 Å². The Balaban J connectivity index is 1.60. The Kier molecular flexibility index (Phi) is 6.07. The molecule has 0 bridgehead atoms. The van der Waals surface area contributed by atoms with Crippen LogP contribution in [0.4, 0.5) is 0 Å². The lowest BCUT2D eigenvalue weighted by molar-refractivity contribution is -0.118. The van der Waals surface area contributed by atoms with Crippen LogP contribution in [0, 0.1) is 6.92 Å². The van der Waals surface area contributed by atoms with E-state index in [-0.39, 0.29) is 5.91 Å². The topological polar surface area (TPSA) is 59.8 Å². The van der Waals surface area contributed by atoms with Crippen LogP contribution in [0.2, 0.25) is 0 Å². The number of rotatable bonds is 7. The van der Waals surface area contributed by atoms with E-state index < -0.39 is 0 Å². The van der Waals surface area contributed by atoms with E-state index in [9.17, 15) is 4.79 Å². The molecule has 0 unspecified atom stereocenters. The van der Waals surface area contributed by atoms with E-state index >= 15 is 0 Å². The number of amides is 1. The highest BCUT2D eigenvalue weighted by Gasteiger charge is 2.14. The van der Waals surface area contributed by atoms with Crippen LogP contribution in [0.25, 0.3) is 11.4 Å². The molecule has 0 aliphatic rings. The summed E-state index contributed by atoms with van der Waals surface area (Å²) in [7, 11) is 0. The number of hydrogen-bond acceptors (Lipinski definition) is 4. The van der Waals surface area contributed by atoms with Crippen LogP contribution >= 0.6 is 11.8 Å². The fourth-order valence-electron chi connectivity index (χ4n) is 2.66. The standard InChI is InChI=1S/C20H22N4OS/c1-3-24-19(16-10-5-4-6-11-16)22-23-20(24)26-14-18(25)21-13-17-12-8-7-9-15(17)2/h4-12H,3,13-14H2,1-2H3,(H,21,25). The first-order chi connectivity index (χ1) is 12.7. The SMILES string of the molecule is CCn1c(SCC(=O)NCc2ccccc2C)nnc1-c1ccccc1. The first kappa shape index (κ1) is 18.2. The Morgan fingerprint density at radius 1 is 1.08 bits per heavy atom. The highest BCUT2D eigenvalue weighted by molar-refractivity contribution is 7.99. The third kappa shape index (κ3) is 4.32. The molecule has 0 radical (unpaired) electrons. The molecule has 0 aliphatic carbocycles. The van der Waals surface area contributed by atoms with Crippen molar-refractivity contribution in [1.29, 1.82) is 0 Å². The van der Waals surface area contributed by atoms with Crippen LogP contribution in [0.1, 0.15) is 18.1 Å². The van der Waals surface area contributed by atoms with E-state index in [2.05, 4.69) is 22.4 Å². The van der Waals surface area contributed by atoms with Crippen molar-refractivity contribution in [3.05, 3.63) is 65.7 Å². The molecular formula is C20H22N4OS. The van der Waals surface area contributed by atoms with E-state index in [0.717, 1.165) is 28.7 Å².